The Bertz CT molecular complexity index is 775. The first-order valence-electron chi connectivity index (χ1n) is 9.20. The van der Waals surface area contributed by atoms with Gasteiger partial charge in [0.1, 0.15) is 6.61 Å². The molecule has 0 saturated carbocycles. The molecule has 1 aliphatic heterocycles. The highest BCUT2D eigenvalue weighted by molar-refractivity contribution is 5.94. The Labute approximate surface area is 159 Å². The number of hydrogen-bond acceptors (Lipinski definition) is 4. The zero-order valence-corrected chi connectivity index (χ0v) is 15.7. The fourth-order valence-electron chi connectivity index (χ4n) is 3.10. The minimum atomic E-state index is -0.338. The van der Waals surface area contributed by atoms with Gasteiger partial charge in [0.2, 0.25) is 5.91 Å². The maximum atomic E-state index is 12.8. The van der Waals surface area contributed by atoms with E-state index in [1.54, 1.807) is 9.80 Å². The van der Waals surface area contributed by atoms with E-state index in [1.807, 2.05) is 68.4 Å². The second kappa shape index (κ2) is 8.58. The molecule has 0 atom stereocenters. The standard InChI is InChI=1S/C21H25N3O3/c1-16(2)24(20(25)12-13-23-14-15-27-21(23)26)19-10-8-18(9-11-19)22-17-6-4-3-5-7-17/h3-11,16,22H,12-15H2,1-2H3. The molecule has 0 radical (unpaired) electrons. The summed E-state index contributed by atoms with van der Waals surface area (Å²) in [5.74, 6) is -0.00605. The number of nitrogens with one attached hydrogen (secondary N) is 1. The third-order valence-corrected chi connectivity index (χ3v) is 4.43. The average Bonchev–Trinajstić information content (AvgIpc) is 3.07. The molecule has 1 heterocycles. The second-order valence-electron chi connectivity index (χ2n) is 6.75. The Morgan fingerprint density at radius 2 is 1.78 bits per heavy atom. The SMILES string of the molecule is CC(C)N(C(=O)CCN1CCOC1=O)c1ccc(Nc2ccccc2)cc1. The van der Waals surface area contributed by atoms with Crippen LogP contribution in [0.5, 0.6) is 0 Å². The third-order valence-electron chi connectivity index (χ3n) is 4.43. The van der Waals surface area contributed by atoms with Gasteiger partial charge in [-0.1, -0.05) is 18.2 Å². The Morgan fingerprint density at radius 3 is 2.37 bits per heavy atom. The van der Waals surface area contributed by atoms with Crippen molar-refractivity contribution < 1.29 is 14.3 Å². The number of anilines is 3. The number of hydrogen-bond donors (Lipinski definition) is 1. The van der Waals surface area contributed by atoms with Gasteiger partial charge >= 0.3 is 6.09 Å². The summed E-state index contributed by atoms with van der Waals surface area (Å²) in [4.78, 5) is 27.6. The summed E-state index contributed by atoms with van der Waals surface area (Å²) in [6, 6.07) is 17.8. The van der Waals surface area contributed by atoms with Gasteiger partial charge in [0, 0.05) is 36.1 Å². The summed E-state index contributed by atoms with van der Waals surface area (Å²) in [6.07, 6.45) is -0.0626. The summed E-state index contributed by atoms with van der Waals surface area (Å²) in [5.41, 5.74) is 2.82. The molecule has 0 bridgehead atoms. The van der Waals surface area contributed by atoms with Gasteiger partial charge in [-0.05, 0) is 50.2 Å². The van der Waals surface area contributed by atoms with E-state index in [0.717, 1.165) is 17.1 Å². The monoisotopic (exact) mass is 367 g/mol. The maximum absolute atomic E-state index is 12.8. The molecule has 0 aromatic heterocycles. The van der Waals surface area contributed by atoms with Gasteiger partial charge in [-0.25, -0.2) is 4.79 Å². The van der Waals surface area contributed by atoms with Crippen molar-refractivity contribution in [2.75, 3.05) is 29.9 Å². The van der Waals surface area contributed by atoms with Gasteiger partial charge in [-0.3, -0.25) is 4.79 Å². The van der Waals surface area contributed by atoms with E-state index in [9.17, 15) is 9.59 Å². The smallest absolute Gasteiger partial charge is 0.409 e. The number of ether oxygens (including phenoxy) is 1. The molecular weight excluding hydrogens is 342 g/mol. The molecular formula is C21H25N3O3. The van der Waals surface area contributed by atoms with Crippen LogP contribution in [-0.4, -0.2) is 42.6 Å². The van der Waals surface area contributed by atoms with Crippen LogP contribution in [0.25, 0.3) is 0 Å². The lowest BCUT2D eigenvalue weighted by Crippen LogP contribution is -2.39. The first-order chi connectivity index (χ1) is 13.0. The molecule has 1 N–H and O–H groups in total. The Kier molecular flexibility index (Phi) is 5.96. The van der Waals surface area contributed by atoms with Gasteiger partial charge in [0.25, 0.3) is 0 Å². The van der Waals surface area contributed by atoms with Crippen molar-refractivity contribution in [3.63, 3.8) is 0 Å². The van der Waals surface area contributed by atoms with Crippen LogP contribution in [0.15, 0.2) is 54.6 Å². The highest BCUT2D eigenvalue weighted by atomic mass is 16.6. The lowest BCUT2D eigenvalue weighted by atomic mass is 10.2. The van der Waals surface area contributed by atoms with Crippen LogP contribution in [0.1, 0.15) is 20.3 Å². The van der Waals surface area contributed by atoms with Crippen molar-refractivity contribution in [3.05, 3.63) is 54.6 Å². The third kappa shape index (κ3) is 4.78. The summed E-state index contributed by atoms with van der Waals surface area (Å²) in [6.45, 7) is 5.30. The Morgan fingerprint density at radius 1 is 1.11 bits per heavy atom. The Hall–Kier alpha value is -3.02. The molecule has 3 rings (SSSR count). The molecule has 2 amide bonds. The molecule has 142 valence electrons. The topological polar surface area (TPSA) is 61.9 Å². The molecule has 6 heteroatoms. The molecule has 0 spiro atoms. The summed E-state index contributed by atoms with van der Waals surface area (Å²) in [7, 11) is 0. The predicted octanol–water partition coefficient (Wildman–Crippen LogP) is 4.01. The Balaban J connectivity index is 1.65. The van der Waals surface area contributed by atoms with Crippen molar-refractivity contribution in [2.45, 2.75) is 26.3 Å². The molecule has 2 aromatic carbocycles. The molecule has 1 saturated heterocycles. The first-order valence-corrected chi connectivity index (χ1v) is 9.20. The van der Waals surface area contributed by atoms with Crippen LogP contribution >= 0.6 is 0 Å². The lowest BCUT2D eigenvalue weighted by molar-refractivity contribution is -0.119. The molecule has 1 aliphatic rings. The molecule has 6 nitrogen and oxygen atoms in total. The summed E-state index contributed by atoms with van der Waals surface area (Å²) < 4.78 is 4.91. The van der Waals surface area contributed by atoms with Crippen molar-refractivity contribution in [2.24, 2.45) is 0 Å². The van der Waals surface area contributed by atoms with Crippen molar-refractivity contribution >= 4 is 29.1 Å². The second-order valence-corrected chi connectivity index (χ2v) is 6.75. The fourth-order valence-corrected chi connectivity index (χ4v) is 3.10. The van der Waals surface area contributed by atoms with E-state index < -0.39 is 0 Å². The fraction of sp³-hybridized carbons (Fsp3) is 0.333. The zero-order valence-electron chi connectivity index (χ0n) is 15.7. The molecule has 0 unspecified atom stereocenters. The quantitative estimate of drug-likeness (QED) is 0.803. The minimum absolute atomic E-state index is 0.00605. The van der Waals surface area contributed by atoms with E-state index >= 15 is 0 Å². The number of carbonyl (C=O) groups excluding carboxylic acids is 2. The van der Waals surface area contributed by atoms with Crippen LogP contribution in [0.3, 0.4) is 0 Å². The molecule has 0 aliphatic carbocycles. The van der Waals surface area contributed by atoms with Crippen LogP contribution in [0.2, 0.25) is 0 Å². The van der Waals surface area contributed by atoms with E-state index in [0.29, 0.717) is 19.7 Å². The summed E-state index contributed by atoms with van der Waals surface area (Å²) in [5, 5.41) is 3.33. The van der Waals surface area contributed by atoms with Crippen LogP contribution < -0.4 is 10.2 Å². The lowest BCUT2D eigenvalue weighted by Gasteiger charge is -2.28. The van der Waals surface area contributed by atoms with E-state index in [4.69, 9.17) is 4.74 Å². The van der Waals surface area contributed by atoms with E-state index in [1.165, 1.54) is 0 Å². The van der Waals surface area contributed by atoms with Crippen molar-refractivity contribution in [1.82, 2.24) is 4.90 Å². The average molecular weight is 367 g/mol. The van der Waals surface area contributed by atoms with E-state index in [2.05, 4.69) is 5.32 Å². The highest BCUT2D eigenvalue weighted by Gasteiger charge is 2.25. The van der Waals surface area contributed by atoms with Crippen molar-refractivity contribution in [3.8, 4) is 0 Å². The number of para-hydroxylation sites is 1. The number of nitrogens with zero attached hydrogens (tertiary/aromatic N) is 2. The van der Waals surface area contributed by atoms with Gasteiger partial charge in [0.15, 0.2) is 0 Å². The van der Waals surface area contributed by atoms with E-state index in [-0.39, 0.29) is 24.5 Å². The highest BCUT2D eigenvalue weighted by Crippen LogP contribution is 2.23. The normalized spacial score (nSPS) is 13.6. The maximum Gasteiger partial charge on any atom is 0.409 e. The number of rotatable bonds is 7. The minimum Gasteiger partial charge on any atom is -0.448 e. The number of amides is 2. The summed E-state index contributed by atoms with van der Waals surface area (Å²) >= 11 is 0. The first kappa shape index (κ1) is 18.8. The molecule has 2 aromatic rings. The number of benzene rings is 2. The molecule has 27 heavy (non-hydrogen) atoms. The van der Waals surface area contributed by atoms with Crippen LogP contribution in [0.4, 0.5) is 21.9 Å². The van der Waals surface area contributed by atoms with Gasteiger partial charge in [-0.2, -0.15) is 0 Å². The predicted molar refractivity (Wildman–Crippen MR) is 106 cm³/mol. The van der Waals surface area contributed by atoms with Gasteiger partial charge in [-0.15, -0.1) is 0 Å². The molecule has 1 fully saturated rings. The van der Waals surface area contributed by atoms with Crippen molar-refractivity contribution in [1.29, 1.82) is 0 Å². The zero-order chi connectivity index (χ0) is 19.2. The van der Waals surface area contributed by atoms with Crippen LogP contribution in [0, 0.1) is 0 Å². The largest absolute Gasteiger partial charge is 0.448 e. The van der Waals surface area contributed by atoms with Gasteiger partial charge in [0.05, 0.1) is 6.54 Å². The number of cyclic esters (lactones) is 1. The van der Waals surface area contributed by atoms with Crippen LogP contribution in [-0.2, 0) is 9.53 Å². The number of carbonyl (C=O) groups is 2. The van der Waals surface area contributed by atoms with Gasteiger partial charge < -0.3 is 19.9 Å².